The Morgan fingerprint density at radius 3 is 2.75 bits per heavy atom. The van der Waals surface area contributed by atoms with Crippen LogP contribution < -0.4 is 10.1 Å². The predicted octanol–water partition coefficient (Wildman–Crippen LogP) is 2.86. The highest BCUT2D eigenvalue weighted by atomic mass is 16.5. The molecule has 0 radical (unpaired) electrons. The topological polar surface area (TPSA) is 63.5 Å². The van der Waals surface area contributed by atoms with Crippen LogP contribution in [-0.2, 0) is 24.9 Å². The molecule has 0 fully saturated rings. The van der Waals surface area contributed by atoms with Gasteiger partial charge in [0.15, 0.2) is 0 Å². The third kappa shape index (κ3) is 3.12. The molecule has 0 saturated heterocycles. The summed E-state index contributed by atoms with van der Waals surface area (Å²) in [5, 5.41) is 13.3. The van der Waals surface area contributed by atoms with E-state index in [0.717, 1.165) is 16.5 Å². The molecule has 0 spiro atoms. The van der Waals surface area contributed by atoms with Crippen LogP contribution in [0.15, 0.2) is 48.7 Å². The average Bonchev–Trinajstić information content (AvgIpc) is 2.91. The Morgan fingerprint density at radius 1 is 1.21 bits per heavy atom. The number of carbonyl (C=O) groups is 1. The molecule has 0 saturated carbocycles. The summed E-state index contributed by atoms with van der Waals surface area (Å²) >= 11 is 0. The highest BCUT2D eigenvalue weighted by molar-refractivity contribution is 5.96. The zero-order valence-corrected chi connectivity index (χ0v) is 13.7. The molecule has 3 rings (SSSR count). The van der Waals surface area contributed by atoms with E-state index in [1.54, 1.807) is 25.3 Å². The Bertz CT molecular complexity index is 883. The number of anilines is 1. The number of benzene rings is 2. The van der Waals surface area contributed by atoms with E-state index in [-0.39, 0.29) is 12.5 Å². The van der Waals surface area contributed by atoms with Crippen molar-refractivity contribution in [3.63, 3.8) is 0 Å². The van der Waals surface area contributed by atoms with Crippen LogP contribution in [0.2, 0.25) is 0 Å². The maximum Gasteiger partial charge on any atom is 0.228 e. The van der Waals surface area contributed by atoms with E-state index in [1.165, 1.54) is 0 Å². The number of hydrogen-bond acceptors (Lipinski definition) is 3. The van der Waals surface area contributed by atoms with E-state index >= 15 is 0 Å². The lowest BCUT2D eigenvalue weighted by Gasteiger charge is -2.10. The van der Waals surface area contributed by atoms with Gasteiger partial charge in [0, 0.05) is 35.4 Å². The van der Waals surface area contributed by atoms with Gasteiger partial charge >= 0.3 is 0 Å². The lowest BCUT2D eigenvalue weighted by Crippen LogP contribution is -2.14. The van der Waals surface area contributed by atoms with Crippen molar-refractivity contribution in [1.82, 2.24) is 4.57 Å². The maximum absolute atomic E-state index is 12.4. The molecule has 0 unspecified atom stereocenters. The van der Waals surface area contributed by atoms with Crippen molar-refractivity contribution in [2.45, 2.75) is 13.0 Å². The van der Waals surface area contributed by atoms with Crippen LogP contribution in [-0.4, -0.2) is 22.7 Å². The fraction of sp³-hybridized carbons (Fsp3) is 0.211. The van der Waals surface area contributed by atoms with Crippen molar-refractivity contribution >= 4 is 22.5 Å². The van der Waals surface area contributed by atoms with Crippen LogP contribution in [0.5, 0.6) is 5.75 Å². The Balaban J connectivity index is 1.78. The third-order valence-electron chi connectivity index (χ3n) is 4.06. The number of para-hydroxylation sites is 1. The van der Waals surface area contributed by atoms with Crippen molar-refractivity contribution in [2.24, 2.45) is 7.05 Å². The Kier molecular flexibility index (Phi) is 4.53. The molecule has 0 atom stereocenters. The summed E-state index contributed by atoms with van der Waals surface area (Å²) in [6.07, 6.45) is 2.28. The van der Waals surface area contributed by atoms with Crippen LogP contribution in [0.3, 0.4) is 0 Å². The molecule has 2 aromatic carbocycles. The van der Waals surface area contributed by atoms with Crippen molar-refractivity contribution in [3.8, 4) is 5.75 Å². The van der Waals surface area contributed by atoms with Gasteiger partial charge in [0.25, 0.3) is 0 Å². The molecule has 1 heterocycles. The number of amides is 1. The SMILES string of the molecule is COc1ccc(NC(=O)Cc2cn(C)c3ccccc23)cc1CO. The quantitative estimate of drug-likeness (QED) is 0.758. The van der Waals surface area contributed by atoms with Gasteiger partial charge in [-0.05, 0) is 29.8 Å². The van der Waals surface area contributed by atoms with Crippen LogP contribution in [0, 0.1) is 0 Å². The number of fused-ring (bicyclic) bond motifs is 1. The largest absolute Gasteiger partial charge is 0.496 e. The lowest BCUT2D eigenvalue weighted by atomic mass is 10.1. The summed E-state index contributed by atoms with van der Waals surface area (Å²) in [6.45, 7) is -0.143. The van der Waals surface area contributed by atoms with Gasteiger partial charge < -0.3 is 19.7 Å². The van der Waals surface area contributed by atoms with Gasteiger partial charge in [-0.15, -0.1) is 0 Å². The van der Waals surface area contributed by atoms with Crippen molar-refractivity contribution < 1.29 is 14.6 Å². The molecule has 3 aromatic rings. The van der Waals surface area contributed by atoms with E-state index in [0.29, 0.717) is 23.4 Å². The van der Waals surface area contributed by atoms with Crippen LogP contribution >= 0.6 is 0 Å². The third-order valence-corrected chi connectivity index (χ3v) is 4.06. The number of aliphatic hydroxyl groups excluding tert-OH is 1. The second-order valence-electron chi connectivity index (χ2n) is 5.69. The number of carbonyl (C=O) groups excluding carboxylic acids is 1. The van der Waals surface area contributed by atoms with E-state index in [9.17, 15) is 9.90 Å². The Morgan fingerprint density at radius 2 is 2.00 bits per heavy atom. The minimum absolute atomic E-state index is 0.0968. The predicted molar refractivity (Wildman–Crippen MR) is 94.2 cm³/mol. The summed E-state index contributed by atoms with van der Waals surface area (Å²) in [5.41, 5.74) is 3.37. The molecule has 2 N–H and O–H groups in total. The molecule has 5 heteroatoms. The number of nitrogens with one attached hydrogen (secondary N) is 1. The monoisotopic (exact) mass is 324 g/mol. The number of nitrogens with zero attached hydrogens (tertiary/aromatic N) is 1. The first-order valence-corrected chi connectivity index (χ1v) is 7.73. The molecule has 0 aliphatic heterocycles. The van der Waals surface area contributed by atoms with Crippen LogP contribution in [0.1, 0.15) is 11.1 Å². The summed E-state index contributed by atoms with van der Waals surface area (Å²) in [5.74, 6) is 0.505. The van der Waals surface area contributed by atoms with E-state index in [4.69, 9.17) is 4.74 Å². The number of ether oxygens (including phenoxy) is 1. The number of hydrogen-bond donors (Lipinski definition) is 2. The molecular weight excluding hydrogens is 304 g/mol. The number of methoxy groups -OCH3 is 1. The van der Waals surface area contributed by atoms with Crippen molar-refractivity contribution in [1.29, 1.82) is 0 Å². The first-order valence-electron chi connectivity index (χ1n) is 7.73. The van der Waals surface area contributed by atoms with E-state index < -0.39 is 0 Å². The summed E-state index contributed by atoms with van der Waals surface area (Å²) in [4.78, 5) is 12.4. The first-order chi connectivity index (χ1) is 11.6. The first kappa shape index (κ1) is 16.1. The van der Waals surface area contributed by atoms with Gasteiger partial charge in [0.2, 0.25) is 5.91 Å². The maximum atomic E-state index is 12.4. The number of aromatic nitrogens is 1. The molecule has 0 aliphatic rings. The second-order valence-corrected chi connectivity index (χ2v) is 5.69. The van der Waals surface area contributed by atoms with E-state index in [2.05, 4.69) is 5.32 Å². The Labute approximate surface area is 140 Å². The van der Waals surface area contributed by atoms with Gasteiger partial charge in [-0.1, -0.05) is 18.2 Å². The highest BCUT2D eigenvalue weighted by Crippen LogP contribution is 2.24. The Hall–Kier alpha value is -2.79. The minimum atomic E-state index is -0.143. The number of rotatable bonds is 5. The zero-order chi connectivity index (χ0) is 17.1. The zero-order valence-electron chi connectivity index (χ0n) is 13.7. The second kappa shape index (κ2) is 6.76. The minimum Gasteiger partial charge on any atom is -0.496 e. The molecule has 24 heavy (non-hydrogen) atoms. The molecule has 124 valence electrons. The van der Waals surface area contributed by atoms with Crippen LogP contribution in [0.4, 0.5) is 5.69 Å². The van der Waals surface area contributed by atoms with Crippen molar-refractivity contribution in [3.05, 3.63) is 59.8 Å². The summed E-state index contributed by atoms with van der Waals surface area (Å²) < 4.78 is 7.19. The molecule has 5 nitrogen and oxygen atoms in total. The van der Waals surface area contributed by atoms with Gasteiger partial charge in [-0.3, -0.25) is 4.79 Å². The smallest absolute Gasteiger partial charge is 0.228 e. The lowest BCUT2D eigenvalue weighted by molar-refractivity contribution is -0.115. The number of aliphatic hydroxyl groups is 1. The normalized spacial score (nSPS) is 10.8. The molecule has 0 aliphatic carbocycles. The fourth-order valence-electron chi connectivity index (χ4n) is 2.92. The molecule has 1 amide bonds. The van der Waals surface area contributed by atoms with Gasteiger partial charge in [0.05, 0.1) is 20.1 Å². The highest BCUT2D eigenvalue weighted by Gasteiger charge is 2.11. The molecule has 0 bridgehead atoms. The fourth-order valence-corrected chi connectivity index (χ4v) is 2.92. The number of aryl methyl sites for hydroxylation is 1. The molecule has 1 aromatic heterocycles. The molecular formula is C19H20N2O3. The van der Waals surface area contributed by atoms with Crippen molar-refractivity contribution in [2.75, 3.05) is 12.4 Å². The van der Waals surface area contributed by atoms with Gasteiger partial charge in [0.1, 0.15) is 5.75 Å². The van der Waals surface area contributed by atoms with Crippen LogP contribution in [0.25, 0.3) is 10.9 Å². The van der Waals surface area contributed by atoms with Gasteiger partial charge in [-0.25, -0.2) is 0 Å². The van der Waals surface area contributed by atoms with E-state index in [1.807, 2.05) is 42.1 Å². The van der Waals surface area contributed by atoms with Gasteiger partial charge in [-0.2, -0.15) is 0 Å². The summed E-state index contributed by atoms with van der Waals surface area (Å²) in [6, 6.07) is 13.2. The average molecular weight is 324 g/mol. The standard InChI is InChI=1S/C19H20N2O3/c1-21-11-13(16-5-3-4-6-17(16)21)10-19(23)20-15-7-8-18(24-2)14(9-15)12-22/h3-9,11,22H,10,12H2,1-2H3,(H,20,23). The summed E-state index contributed by atoms with van der Waals surface area (Å²) in [7, 11) is 3.52.